The number of ether oxygens (including phenoxy) is 2. The number of nitrogens with zero attached hydrogens (tertiary/aromatic N) is 1. The number of benzene rings is 2. The largest absolute Gasteiger partial charge is 0.490 e. The number of nitrogens with two attached hydrogens (primary N) is 1. The third kappa shape index (κ3) is 3.49. The summed E-state index contributed by atoms with van der Waals surface area (Å²) in [5, 5.41) is 11.0. The fraction of sp³-hybridized carbons (Fsp3) is 0.200. The van der Waals surface area contributed by atoms with E-state index in [1.807, 2.05) is 19.1 Å². The lowest BCUT2D eigenvalue weighted by molar-refractivity contribution is -0.385. The molecule has 2 N–H and O–H groups in total. The molecule has 0 unspecified atom stereocenters. The van der Waals surface area contributed by atoms with Gasteiger partial charge in [0.05, 0.1) is 18.1 Å². The molecule has 0 aliphatic heterocycles. The Kier molecular flexibility index (Phi) is 4.39. The van der Waals surface area contributed by atoms with Crippen molar-refractivity contribution >= 4 is 5.69 Å². The van der Waals surface area contributed by atoms with E-state index in [9.17, 15) is 10.1 Å². The molecule has 2 rings (SSSR count). The number of rotatable bonds is 5. The second kappa shape index (κ2) is 6.23. The van der Waals surface area contributed by atoms with E-state index < -0.39 is 4.92 Å². The summed E-state index contributed by atoms with van der Waals surface area (Å²) in [6, 6.07) is 11.7. The highest BCUT2D eigenvalue weighted by Gasteiger charge is 2.16. The van der Waals surface area contributed by atoms with Crippen LogP contribution in [-0.2, 0) is 0 Å². The van der Waals surface area contributed by atoms with Gasteiger partial charge in [-0.15, -0.1) is 0 Å². The smallest absolute Gasteiger partial charge is 0.314 e. The minimum absolute atomic E-state index is 0.0545. The maximum absolute atomic E-state index is 11.0. The molecule has 0 radical (unpaired) electrons. The van der Waals surface area contributed by atoms with Gasteiger partial charge in [0, 0.05) is 6.04 Å². The standard InChI is InChI=1S/C15H16N2O4/c1-10(16)11-3-5-12(6-4-11)21-13-7-8-15(20-2)14(9-13)17(18)19/h3-10H,16H2,1-2H3/t10-/m1/s1. The lowest BCUT2D eigenvalue weighted by Crippen LogP contribution is -2.04. The predicted molar refractivity (Wildman–Crippen MR) is 78.8 cm³/mol. The van der Waals surface area contributed by atoms with Gasteiger partial charge < -0.3 is 15.2 Å². The van der Waals surface area contributed by atoms with Crippen molar-refractivity contribution in [2.75, 3.05) is 7.11 Å². The Morgan fingerprint density at radius 1 is 1.14 bits per heavy atom. The van der Waals surface area contributed by atoms with Gasteiger partial charge in [0.1, 0.15) is 11.5 Å². The van der Waals surface area contributed by atoms with Crippen molar-refractivity contribution in [3.8, 4) is 17.2 Å². The average Bonchev–Trinajstić information content (AvgIpc) is 2.47. The summed E-state index contributed by atoms with van der Waals surface area (Å²) in [7, 11) is 1.38. The normalized spacial score (nSPS) is 11.8. The predicted octanol–water partition coefficient (Wildman–Crippen LogP) is 3.42. The highest BCUT2D eigenvalue weighted by Crippen LogP contribution is 2.33. The van der Waals surface area contributed by atoms with Crippen LogP contribution in [0.15, 0.2) is 42.5 Å². The lowest BCUT2D eigenvalue weighted by atomic mass is 10.1. The molecule has 21 heavy (non-hydrogen) atoms. The fourth-order valence-corrected chi connectivity index (χ4v) is 1.85. The van der Waals surface area contributed by atoms with Crippen molar-refractivity contribution in [1.82, 2.24) is 0 Å². The second-order valence-corrected chi connectivity index (χ2v) is 4.55. The van der Waals surface area contributed by atoms with Gasteiger partial charge >= 0.3 is 5.69 Å². The Labute approximate surface area is 122 Å². The summed E-state index contributed by atoms with van der Waals surface area (Å²) in [5.74, 6) is 1.15. The van der Waals surface area contributed by atoms with Crippen LogP contribution in [0.5, 0.6) is 17.2 Å². The first-order chi connectivity index (χ1) is 10.0. The van der Waals surface area contributed by atoms with Gasteiger partial charge in [0.2, 0.25) is 0 Å². The molecule has 0 fully saturated rings. The summed E-state index contributed by atoms with van der Waals surface area (Å²) in [4.78, 5) is 10.5. The minimum atomic E-state index is -0.509. The Balaban J connectivity index is 2.23. The quantitative estimate of drug-likeness (QED) is 0.672. The van der Waals surface area contributed by atoms with Crippen LogP contribution >= 0.6 is 0 Å². The van der Waals surface area contributed by atoms with Crippen molar-refractivity contribution in [2.24, 2.45) is 5.73 Å². The highest BCUT2D eigenvalue weighted by molar-refractivity contribution is 5.51. The average molecular weight is 288 g/mol. The number of hydrogen-bond acceptors (Lipinski definition) is 5. The van der Waals surface area contributed by atoms with E-state index in [1.54, 1.807) is 18.2 Å². The van der Waals surface area contributed by atoms with Crippen LogP contribution in [0.2, 0.25) is 0 Å². The van der Waals surface area contributed by atoms with E-state index in [2.05, 4.69) is 0 Å². The lowest BCUT2D eigenvalue weighted by Gasteiger charge is -2.09. The van der Waals surface area contributed by atoms with Gasteiger partial charge in [0.15, 0.2) is 5.75 Å². The zero-order valence-corrected chi connectivity index (χ0v) is 11.8. The molecule has 0 saturated carbocycles. The Morgan fingerprint density at radius 2 is 1.76 bits per heavy atom. The molecule has 2 aromatic rings. The van der Waals surface area contributed by atoms with Crippen molar-refractivity contribution < 1.29 is 14.4 Å². The molecule has 0 aliphatic carbocycles. The molecule has 0 aliphatic rings. The first-order valence-electron chi connectivity index (χ1n) is 6.37. The van der Waals surface area contributed by atoms with Gasteiger partial charge in [-0.3, -0.25) is 10.1 Å². The maximum Gasteiger partial charge on any atom is 0.314 e. The van der Waals surface area contributed by atoms with Crippen molar-refractivity contribution in [2.45, 2.75) is 13.0 Å². The molecule has 1 atom stereocenters. The summed E-state index contributed by atoms with van der Waals surface area (Å²) >= 11 is 0. The van der Waals surface area contributed by atoms with Gasteiger partial charge in [-0.2, -0.15) is 0 Å². The first-order valence-corrected chi connectivity index (χ1v) is 6.37. The van der Waals surface area contributed by atoms with E-state index in [4.69, 9.17) is 15.2 Å². The van der Waals surface area contributed by atoms with Crippen molar-refractivity contribution in [1.29, 1.82) is 0 Å². The van der Waals surface area contributed by atoms with Crippen LogP contribution in [0, 0.1) is 10.1 Å². The van der Waals surface area contributed by atoms with Crippen LogP contribution < -0.4 is 15.2 Å². The molecule has 0 heterocycles. The van der Waals surface area contributed by atoms with Crippen LogP contribution in [-0.4, -0.2) is 12.0 Å². The third-order valence-electron chi connectivity index (χ3n) is 2.99. The molecule has 0 amide bonds. The SMILES string of the molecule is COc1ccc(Oc2ccc([C@@H](C)N)cc2)cc1[N+](=O)[O-]. The summed E-state index contributed by atoms with van der Waals surface area (Å²) in [5.41, 5.74) is 6.62. The Bertz CT molecular complexity index is 639. The van der Waals surface area contributed by atoms with Crippen LogP contribution in [0.3, 0.4) is 0 Å². The second-order valence-electron chi connectivity index (χ2n) is 4.55. The molecule has 0 bridgehead atoms. The van der Waals surface area contributed by atoms with E-state index in [0.717, 1.165) is 5.56 Å². The van der Waals surface area contributed by atoms with Gasteiger partial charge in [0.25, 0.3) is 0 Å². The van der Waals surface area contributed by atoms with Crippen LogP contribution in [0.1, 0.15) is 18.5 Å². The van der Waals surface area contributed by atoms with Gasteiger partial charge in [-0.25, -0.2) is 0 Å². The number of hydrogen-bond donors (Lipinski definition) is 1. The highest BCUT2D eigenvalue weighted by atomic mass is 16.6. The van der Waals surface area contributed by atoms with Gasteiger partial charge in [-0.05, 0) is 36.8 Å². The van der Waals surface area contributed by atoms with Crippen molar-refractivity contribution in [3.63, 3.8) is 0 Å². The summed E-state index contributed by atoms with van der Waals surface area (Å²) in [6.07, 6.45) is 0. The molecule has 2 aromatic carbocycles. The topological polar surface area (TPSA) is 87.6 Å². The zero-order valence-electron chi connectivity index (χ0n) is 11.8. The molecule has 110 valence electrons. The molecule has 0 spiro atoms. The molecule has 6 heteroatoms. The summed E-state index contributed by atoms with van der Waals surface area (Å²) < 4.78 is 10.5. The zero-order chi connectivity index (χ0) is 15.4. The molecular weight excluding hydrogens is 272 g/mol. The number of methoxy groups -OCH3 is 1. The third-order valence-corrected chi connectivity index (χ3v) is 2.99. The van der Waals surface area contributed by atoms with E-state index in [1.165, 1.54) is 19.2 Å². The number of nitro benzene ring substituents is 1. The summed E-state index contributed by atoms with van der Waals surface area (Å²) in [6.45, 7) is 1.89. The van der Waals surface area contributed by atoms with E-state index in [-0.39, 0.29) is 17.5 Å². The minimum Gasteiger partial charge on any atom is -0.490 e. The fourth-order valence-electron chi connectivity index (χ4n) is 1.85. The Hall–Kier alpha value is -2.60. The Morgan fingerprint density at radius 3 is 2.29 bits per heavy atom. The first kappa shape index (κ1) is 14.8. The molecular formula is C15H16N2O4. The monoisotopic (exact) mass is 288 g/mol. The van der Waals surface area contributed by atoms with Crippen molar-refractivity contribution in [3.05, 3.63) is 58.1 Å². The van der Waals surface area contributed by atoms with E-state index in [0.29, 0.717) is 11.5 Å². The number of nitro groups is 1. The molecule has 6 nitrogen and oxygen atoms in total. The van der Waals surface area contributed by atoms with Crippen LogP contribution in [0.4, 0.5) is 5.69 Å². The van der Waals surface area contributed by atoms with Crippen LogP contribution in [0.25, 0.3) is 0 Å². The molecule has 0 aromatic heterocycles. The molecule has 0 saturated heterocycles. The maximum atomic E-state index is 11.0. The van der Waals surface area contributed by atoms with E-state index >= 15 is 0 Å². The van der Waals surface area contributed by atoms with Gasteiger partial charge in [-0.1, -0.05) is 12.1 Å².